The molecular formula is C39H23N3O2. The van der Waals surface area contributed by atoms with Gasteiger partial charge in [0.2, 0.25) is 0 Å². The van der Waals surface area contributed by atoms with E-state index in [1.165, 1.54) is 4.90 Å². The lowest BCUT2D eigenvalue weighted by Crippen LogP contribution is -2.29. The molecule has 0 spiro atoms. The molecule has 0 aliphatic carbocycles. The Labute approximate surface area is 253 Å². The highest BCUT2D eigenvalue weighted by Crippen LogP contribution is 2.39. The second kappa shape index (κ2) is 9.94. The fourth-order valence-electron chi connectivity index (χ4n) is 6.26. The predicted molar refractivity (Wildman–Crippen MR) is 175 cm³/mol. The van der Waals surface area contributed by atoms with Crippen molar-refractivity contribution in [3.05, 3.63) is 162 Å². The lowest BCUT2D eigenvalue weighted by atomic mass is 10.0. The van der Waals surface area contributed by atoms with Crippen LogP contribution in [0.3, 0.4) is 0 Å². The number of benzene rings is 6. The first-order valence-corrected chi connectivity index (χ1v) is 14.3. The first kappa shape index (κ1) is 25.5. The summed E-state index contributed by atoms with van der Waals surface area (Å²) < 4.78 is 2.09. The summed E-state index contributed by atoms with van der Waals surface area (Å²) in [4.78, 5) is 32.6. The van der Waals surface area contributed by atoms with Gasteiger partial charge in [-0.1, -0.05) is 97.1 Å². The van der Waals surface area contributed by atoms with Crippen LogP contribution in [0.25, 0.3) is 54.6 Å². The fourth-order valence-corrected chi connectivity index (χ4v) is 6.26. The van der Waals surface area contributed by atoms with Crippen molar-refractivity contribution in [1.29, 1.82) is 0 Å². The van der Waals surface area contributed by atoms with E-state index in [1.807, 2.05) is 109 Å². The van der Waals surface area contributed by atoms with E-state index in [-0.39, 0.29) is 11.8 Å². The molecule has 0 radical (unpaired) electrons. The zero-order valence-corrected chi connectivity index (χ0v) is 23.4. The number of carbonyl (C=O) groups excluding carboxylic acids is 2. The number of carbonyl (C=O) groups is 2. The van der Waals surface area contributed by atoms with Crippen molar-refractivity contribution < 1.29 is 9.59 Å². The zero-order valence-electron chi connectivity index (χ0n) is 23.4. The normalized spacial score (nSPS) is 12.6. The van der Waals surface area contributed by atoms with Gasteiger partial charge in [0, 0.05) is 10.8 Å². The maximum atomic E-state index is 14.1. The fraction of sp³-hybridized carbons (Fsp3) is 0. The molecule has 206 valence electrons. The number of anilines is 1. The minimum absolute atomic E-state index is 0.328. The molecule has 2 heterocycles. The molecule has 8 rings (SSSR count). The monoisotopic (exact) mass is 565 g/mol. The summed E-state index contributed by atoms with van der Waals surface area (Å²) in [6, 6.07) is 45.0. The number of hydrogen-bond acceptors (Lipinski definition) is 2. The van der Waals surface area contributed by atoms with Crippen molar-refractivity contribution in [2.24, 2.45) is 0 Å². The van der Waals surface area contributed by atoms with Crippen molar-refractivity contribution in [3.63, 3.8) is 0 Å². The molecule has 0 saturated carbocycles. The van der Waals surface area contributed by atoms with E-state index in [2.05, 4.69) is 33.7 Å². The molecule has 0 N–H and O–H groups in total. The average molecular weight is 566 g/mol. The molecule has 2 amide bonds. The first-order valence-electron chi connectivity index (χ1n) is 14.3. The van der Waals surface area contributed by atoms with E-state index in [4.69, 9.17) is 6.57 Å². The number of rotatable bonds is 4. The second-order valence-corrected chi connectivity index (χ2v) is 10.8. The van der Waals surface area contributed by atoms with Crippen LogP contribution in [0.1, 0.15) is 20.7 Å². The van der Waals surface area contributed by atoms with Crippen molar-refractivity contribution >= 4 is 45.0 Å². The van der Waals surface area contributed by atoms with E-state index in [0.29, 0.717) is 28.2 Å². The number of para-hydroxylation sites is 1. The Kier molecular flexibility index (Phi) is 5.75. The molecule has 7 aromatic rings. The molecule has 1 aliphatic heterocycles. The Morgan fingerprint density at radius 3 is 1.93 bits per heavy atom. The SMILES string of the molecule is [C-]#[N+]c1ccc(-c2ccc3c(c2)c2ccccc2n3-c2cccc3c2C(=O)N(c2ccc(-c4ccccc4)cc2)C3=O)cc1. The number of nitrogens with zero attached hydrogens (tertiary/aromatic N) is 3. The molecule has 5 nitrogen and oxygen atoms in total. The van der Waals surface area contributed by atoms with E-state index in [9.17, 15) is 9.59 Å². The second-order valence-electron chi connectivity index (χ2n) is 10.8. The Morgan fingerprint density at radius 2 is 1.16 bits per heavy atom. The van der Waals surface area contributed by atoms with Gasteiger partial charge >= 0.3 is 0 Å². The lowest BCUT2D eigenvalue weighted by Gasteiger charge is -2.15. The molecule has 0 bridgehead atoms. The van der Waals surface area contributed by atoms with Gasteiger partial charge in [-0.15, -0.1) is 0 Å². The van der Waals surface area contributed by atoms with Crippen LogP contribution in [0.2, 0.25) is 0 Å². The quantitative estimate of drug-likeness (QED) is 0.158. The Bertz CT molecular complexity index is 2310. The van der Waals surface area contributed by atoms with Crippen molar-refractivity contribution in [3.8, 4) is 27.9 Å². The van der Waals surface area contributed by atoms with Gasteiger partial charge in [-0.2, -0.15) is 0 Å². The third-order valence-electron chi connectivity index (χ3n) is 8.37. The van der Waals surface area contributed by atoms with E-state index in [0.717, 1.165) is 44.1 Å². The lowest BCUT2D eigenvalue weighted by molar-refractivity contribution is 0.0926. The van der Waals surface area contributed by atoms with Crippen LogP contribution in [0, 0.1) is 6.57 Å². The zero-order chi connectivity index (χ0) is 29.8. The van der Waals surface area contributed by atoms with E-state index >= 15 is 0 Å². The highest BCUT2D eigenvalue weighted by molar-refractivity contribution is 6.35. The van der Waals surface area contributed by atoms with E-state index in [1.54, 1.807) is 6.07 Å². The first-order chi connectivity index (χ1) is 21.6. The molecule has 1 aliphatic rings. The summed E-state index contributed by atoms with van der Waals surface area (Å²) in [7, 11) is 0. The molecule has 5 heteroatoms. The molecule has 44 heavy (non-hydrogen) atoms. The largest absolute Gasteiger partial charge is 0.308 e. The maximum Gasteiger partial charge on any atom is 0.268 e. The van der Waals surface area contributed by atoms with Crippen molar-refractivity contribution in [2.45, 2.75) is 0 Å². The van der Waals surface area contributed by atoms with Gasteiger partial charge in [-0.3, -0.25) is 9.59 Å². The van der Waals surface area contributed by atoms with Crippen LogP contribution in [0.4, 0.5) is 11.4 Å². The summed E-state index contributed by atoms with van der Waals surface area (Å²) in [6.07, 6.45) is 0. The molecule has 0 fully saturated rings. The molecule has 1 aromatic heterocycles. The third-order valence-corrected chi connectivity index (χ3v) is 8.37. The van der Waals surface area contributed by atoms with Gasteiger partial charge in [-0.05, 0) is 64.7 Å². The highest BCUT2D eigenvalue weighted by atomic mass is 16.2. The van der Waals surface area contributed by atoms with Crippen LogP contribution in [-0.4, -0.2) is 16.4 Å². The summed E-state index contributed by atoms with van der Waals surface area (Å²) in [5.41, 5.74) is 8.62. The molecular weight excluding hydrogens is 542 g/mol. The summed E-state index contributed by atoms with van der Waals surface area (Å²) in [5, 5.41) is 2.08. The number of aromatic nitrogens is 1. The van der Waals surface area contributed by atoms with Crippen LogP contribution in [-0.2, 0) is 0 Å². The van der Waals surface area contributed by atoms with Gasteiger partial charge in [0.1, 0.15) is 0 Å². The number of imide groups is 1. The van der Waals surface area contributed by atoms with Crippen LogP contribution < -0.4 is 4.90 Å². The van der Waals surface area contributed by atoms with Crippen LogP contribution >= 0.6 is 0 Å². The molecule has 0 unspecified atom stereocenters. The Morgan fingerprint density at radius 1 is 0.523 bits per heavy atom. The average Bonchev–Trinajstić information content (AvgIpc) is 3.55. The number of fused-ring (bicyclic) bond motifs is 4. The minimum Gasteiger partial charge on any atom is -0.308 e. The van der Waals surface area contributed by atoms with Gasteiger partial charge in [-0.25, -0.2) is 9.74 Å². The number of hydrogen-bond donors (Lipinski definition) is 0. The van der Waals surface area contributed by atoms with Crippen LogP contribution in [0.15, 0.2) is 140 Å². The molecule has 0 atom stereocenters. The third kappa shape index (κ3) is 3.86. The number of amides is 2. The van der Waals surface area contributed by atoms with Crippen molar-refractivity contribution in [2.75, 3.05) is 4.90 Å². The summed E-state index contributed by atoms with van der Waals surface area (Å²) in [6.45, 7) is 7.26. The maximum absolute atomic E-state index is 14.1. The smallest absolute Gasteiger partial charge is 0.268 e. The summed E-state index contributed by atoms with van der Waals surface area (Å²) >= 11 is 0. The van der Waals surface area contributed by atoms with Gasteiger partial charge in [0.05, 0.1) is 40.1 Å². The van der Waals surface area contributed by atoms with Crippen LogP contribution in [0.5, 0.6) is 0 Å². The Hall–Kier alpha value is -6.25. The highest BCUT2D eigenvalue weighted by Gasteiger charge is 2.39. The molecule has 0 saturated heterocycles. The predicted octanol–water partition coefficient (Wildman–Crippen LogP) is 9.47. The summed E-state index contributed by atoms with van der Waals surface area (Å²) in [5.74, 6) is -0.666. The Balaban J connectivity index is 1.25. The molecule has 6 aromatic carbocycles. The standard InChI is InChI=1S/C39H23N3O2/c1-40-29-19-14-27(15-20-29)28-18-23-35-33(24-28)31-10-5-6-12-34(31)42(35)36-13-7-11-32-37(36)39(44)41(38(32)43)30-21-16-26(17-22-30)25-8-3-2-4-9-25/h2-24H. The minimum atomic E-state index is -0.337. The van der Waals surface area contributed by atoms with Gasteiger partial charge in [0.25, 0.3) is 11.8 Å². The van der Waals surface area contributed by atoms with Gasteiger partial charge < -0.3 is 4.57 Å². The topological polar surface area (TPSA) is 46.7 Å². The van der Waals surface area contributed by atoms with Gasteiger partial charge in [0.15, 0.2) is 5.69 Å². The van der Waals surface area contributed by atoms with E-state index < -0.39 is 0 Å². The van der Waals surface area contributed by atoms with Crippen molar-refractivity contribution in [1.82, 2.24) is 4.57 Å².